The number of hydrogen-bond donors (Lipinski definition) is 3. The van der Waals surface area contributed by atoms with Gasteiger partial charge in [-0.3, -0.25) is 9.52 Å². The zero-order valence-electron chi connectivity index (χ0n) is 14.0. The van der Waals surface area contributed by atoms with Crippen LogP contribution in [0.25, 0.3) is 0 Å². The van der Waals surface area contributed by atoms with Crippen molar-refractivity contribution in [3.63, 3.8) is 0 Å². The number of rotatable bonds is 6. The van der Waals surface area contributed by atoms with Gasteiger partial charge in [0.1, 0.15) is 5.75 Å². The van der Waals surface area contributed by atoms with E-state index < -0.39 is 10.0 Å². The van der Waals surface area contributed by atoms with Crippen LogP contribution in [0, 0.1) is 5.92 Å². The monoisotopic (exact) mass is 355 g/mol. The van der Waals surface area contributed by atoms with Gasteiger partial charge in [0.15, 0.2) is 0 Å². The Morgan fingerprint density at radius 2 is 2.12 bits per heavy atom. The number of carbonyl (C=O) groups is 1. The highest BCUT2D eigenvalue weighted by Crippen LogP contribution is 2.30. The molecule has 2 atom stereocenters. The summed E-state index contributed by atoms with van der Waals surface area (Å²) >= 11 is 0. The Morgan fingerprint density at radius 3 is 2.75 bits per heavy atom. The van der Waals surface area contributed by atoms with Crippen molar-refractivity contribution in [1.82, 2.24) is 0 Å². The van der Waals surface area contributed by atoms with Crippen molar-refractivity contribution in [2.24, 2.45) is 11.7 Å². The average molecular weight is 355 g/mol. The predicted molar refractivity (Wildman–Crippen MR) is 94.6 cm³/mol. The minimum atomic E-state index is -3.40. The Kier molecular flexibility index (Phi) is 6.06. The van der Waals surface area contributed by atoms with Crippen LogP contribution in [0.3, 0.4) is 0 Å². The number of benzene rings is 1. The van der Waals surface area contributed by atoms with E-state index >= 15 is 0 Å². The summed E-state index contributed by atoms with van der Waals surface area (Å²) in [4.78, 5) is 12.4. The number of sulfonamides is 1. The highest BCUT2D eigenvalue weighted by Gasteiger charge is 2.25. The normalized spacial score (nSPS) is 21.1. The first-order chi connectivity index (χ1) is 11.3. The fourth-order valence-corrected chi connectivity index (χ4v) is 3.45. The molecule has 1 aromatic carbocycles. The van der Waals surface area contributed by atoms with Crippen molar-refractivity contribution in [2.45, 2.75) is 38.6 Å². The highest BCUT2D eigenvalue weighted by molar-refractivity contribution is 7.92. The second kappa shape index (κ2) is 7.85. The van der Waals surface area contributed by atoms with Crippen LogP contribution in [0.5, 0.6) is 5.75 Å². The van der Waals surface area contributed by atoms with Crippen molar-refractivity contribution in [2.75, 3.05) is 22.9 Å². The third-order valence-corrected chi connectivity index (χ3v) is 5.49. The number of amides is 1. The van der Waals surface area contributed by atoms with Crippen LogP contribution in [-0.2, 0) is 14.8 Å². The van der Waals surface area contributed by atoms with E-state index in [1.54, 1.807) is 25.1 Å². The molecule has 1 aliphatic rings. The van der Waals surface area contributed by atoms with Crippen molar-refractivity contribution < 1.29 is 17.9 Å². The third-order valence-electron chi connectivity index (χ3n) is 4.20. The van der Waals surface area contributed by atoms with Crippen LogP contribution in [0.4, 0.5) is 11.4 Å². The summed E-state index contributed by atoms with van der Waals surface area (Å²) in [7, 11) is -1.95. The van der Waals surface area contributed by atoms with E-state index in [9.17, 15) is 13.2 Å². The molecule has 0 saturated heterocycles. The molecule has 0 heterocycles. The fourth-order valence-electron chi connectivity index (χ4n) is 2.80. The van der Waals surface area contributed by atoms with Crippen molar-refractivity contribution in [1.29, 1.82) is 0 Å². The SMILES string of the molecule is CCS(=O)(=O)Nc1ccc(NC(=O)C2CCCC(N)C2)cc1OC. The molecule has 7 nitrogen and oxygen atoms in total. The zero-order valence-corrected chi connectivity index (χ0v) is 14.9. The molecule has 0 aliphatic heterocycles. The van der Waals surface area contributed by atoms with E-state index in [2.05, 4.69) is 10.0 Å². The van der Waals surface area contributed by atoms with Gasteiger partial charge in [0.05, 0.1) is 18.6 Å². The molecule has 4 N–H and O–H groups in total. The first-order valence-corrected chi connectivity index (χ1v) is 9.75. The van der Waals surface area contributed by atoms with E-state index in [1.165, 1.54) is 7.11 Å². The summed E-state index contributed by atoms with van der Waals surface area (Å²) in [5.41, 5.74) is 6.84. The molecule has 8 heteroatoms. The van der Waals surface area contributed by atoms with Crippen LogP contribution in [0.15, 0.2) is 18.2 Å². The molecule has 1 fully saturated rings. The Morgan fingerprint density at radius 1 is 1.38 bits per heavy atom. The lowest BCUT2D eigenvalue weighted by atomic mass is 9.85. The maximum absolute atomic E-state index is 12.4. The molecule has 134 valence electrons. The molecule has 1 amide bonds. The van der Waals surface area contributed by atoms with Gasteiger partial charge in [0.2, 0.25) is 15.9 Å². The van der Waals surface area contributed by atoms with Crippen LogP contribution < -0.4 is 20.5 Å². The molecule has 1 aromatic rings. The summed E-state index contributed by atoms with van der Waals surface area (Å²) in [5, 5.41) is 2.86. The first-order valence-electron chi connectivity index (χ1n) is 8.09. The molecule has 0 bridgehead atoms. The summed E-state index contributed by atoms with van der Waals surface area (Å²) < 4.78 is 31.1. The average Bonchev–Trinajstić information content (AvgIpc) is 2.56. The number of ether oxygens (including phenoxy) is 1. The fraction of sp³-hybridized carbons (Fsp3) is 0.562. The van der Waals surface area contributed by atoms with E-state index in [0.717, 1.165) is 19.3 Å². The van der Waals surface area contributed by atoms with Crippen LogP contribution in [-0.4, -0.2) is 33.2 Å². The number of hydrogen-bond acceptors (Lipinski definition) is 5. The van der Waals surface area contributed by atoms with Crippen LogP contribution in [0.1, 0.15) is 32.6 Å². The molecule has 0 radical (unpaired) electrons. The maximum Gasteiger partial charge on any atom is 0.232 e. The van der Waals surface area contributed by atoms with Gasteiger partial charge < -0.3 is 15.8 Å². The quantitative estimate of drug-likeness (QED) is 0.722. The first kappa shape index (κ1) is 18.5. The number of nitrogens with two attached hydrogens (primary N) is 1. The summed E-state index contributed by atoms with van der Waals surface area (Å²) in [6.07, 6.45) is 3.45. The molecule has 24 heavy (non-hydrogen) atoms. The molecule has 2 rings (SSSR count). The zero-order chi connectivity index (χ0) is 17.7. The third kappa shape index (κ3) is 4.85. The summed E-state index contributed by atoms with van der Waals surface area (Å²) in [5.74, 6) is 0.175. The molecule has 2 unspecified atom stereocenters. The second-order valence-corrected chi connectivity index (χ2v) is 8.04. The molecule has 1 saturated carbocycles. The molecule has 0 aromatic heterocycles. The maximum atomic E-state index is 12.4. The van der Waals surface area contributed by atoms with E-state index in [-0.39, 0.29) is 23.6 Å². The topological polar surface area (TPSA) is 111 Å². The van der Waals surface area contributed by atoms with E-state index in [4.69, 9.17) is 10.5 Å². The van der Waals surface area contributed by atoms with Gasteiger partial charge in [-0.2, -0.15) is 0 Å². The Labute approximate surface area is 143 Å². The molecular formula is C16H25N3O4S. The second-order valence-electron chi connectivity index (χ2n) is 6.03. The van der Waals surface area contributed by atoms with Gasteiger partial charge in [0, 0.05) is 23.7 Å². The van der Waals surface area contributed by atoms with Gasteiger partial charge in [-0.15, -0.1) is 0 Å². The van der Waals surface area contributed by atoms with Crippen LogP contribution in [0.2, 0.25) is 0 Å². The van der Waals surface area contributed by atoms with Gasteiger partial charge in [0.25, 0.3) is 0 Å². The van der Waals surface area contributed by atoms with Crippen molar-refractivity contribution in [3.05, 3.63) is 18.2 Å². The Bertz CT molecular complexity index is 691. The predicted octanol–water partition coefficient (Wildman–Crippen LogP) is 1.91. The molecule has 0 spiro atoms. The van der Waals surface area contributed by atoms with Gasteiger partial charge in [-0.1, -0.05) is 6.42 Å². The Balaban J connectivity index is 2.10. The standard InChI is InChI=1S/C16H25N3O4S/c1-3-24(21,22)19-14-8-7-13(10-15(14)23-2)18-16(20)11-5-4-6-12(17)9-11/h7-8,10-12,19H,3-6,9,17H2,1-2H3,(H,18,20). The van der Waals surface area contributed by atoms with Gasteiger partial charge in [-0.25, -0.2) is 8.42 Å². The Hall–Kier alpha value is -1.80. The minimum Gasteiger partial charge on any atom is -0.494 e. The number of carbonyl (C=O) groups excluding carboxylic acids is 1. The minimum absolute atomic E-state index is 0.0312. The summed E-state index contributed by atoms with van der Waals surface area (Å²) in [6.45, 7) is 1.55. The lowest BCUT2D eigenvalue weighted by molar-refractivity contribution is -0.120. The van der Waals surface area contributed by atoms with E-state index in [0.29, 0.717) is 23.5 Å². The number of methoxy groups -OCH3 is 1. The number of nitrogens with one attached hydrogen (secondary N) is 2. The van der Waals surface area contributed by atoms with Crippen molar-refractivity contribution in [3.8, 4) is 5.75 Å². The lowest BCUT2D eigenvalue weighted by Gasteiger charge is -2.25. The highest BCUT2D eigenvalue weighted by atomic mass is 32.2. The van der Waals surface area contributed by atoms with E-state index in [1.807, 2.05) is 0 Å². The lowest BCUT2D eigenvalue weighted by Crippen LogP contribution is -2.34. The summed E-state index contributed by atoms with van der Waals surface area (Å²) in [6, 6.07) is 4.91. The molecular weight excluding hydrogens is 330 g/mol. The molecule has 1 aliphatic carbocycles. The van der Waals surface area contributed by atoms with Gasteiger partial charge >= 0.3 is 0 Å². The smallest absolute Gasteiger partial charge is 0.232 e. The largest absolute Gasteiger partial charge is 0.494 e. The van der Waals surface area contributed by atoms with Crippen LogP contribution >= 0.6 is 0 Å². The number of anilines is 2. The van der Waals surface area contributed by atoms with Gasteiger partial charge in [-0.05, 0) is 38.3 Å². The van der Waals surface area contributed by atoms with Crippen molar-refractivity contribution >= 4 is 27.3 Å².